The summed E-state index contributed by atoms with van der Waals surface area (Å²) in [6, 6.07) is 6.73. The number of ether oxygens (including phenoxy) is 1. The number of rotatable bonds is 5. The molecule has 1 aliphatic carbocycles. The van der Waals surface area contributed by atoms with Crippen LogP contribution >= 0.6 is 11.6 Å². The average Bonchev–Trinajstić information content (AvgIpc) is 3.07. The summed E-state index contributed by atoms with van der Waals surface area (Å²) in [5, 5.41) is 0. The lowest BCUT2D eigenvalue weighted by atomic mass is 10.1. The first kappa shape index (κ1) is 14.7. The molecule has 3 nitrogen and oxygen atoms in total. The van der Waals surface area contributed by atoms with Crippen molar-refractivity contribution in [1.82, 2.24) is 9.55 Å². The van der Waals surface area contributed by atoms with Crippen molar-refractivity contribution in [2.75, 3.05) is 6.61 Å². The molecular weight excluding hydrogens is 284 g/mol. The Morgan fingerprint density at radius 1 is 1.38 bits per heavy atom. The molecule has 2 unspecified atom stereocenters. The molecule has 4 heteroatoms. The van der Waals surface area contributed by atoms with Crippen LogP contribution in [-0.2, 0) is 5.88 Å². The Morgan fingerprint density at radius 2 is 2.24 bits per heavy atom. The largest absolute Gasteiger partial charge is 0.491 e. The number of alkyl halides is 1. The van der Waals surface area contributed by atoms with E-state index < -0.39 is 0 Å². The van der Waals surface area contributed by atoms with Crippen LogP contribution in [0.2, 0.25) is 0 Å². The lowest BCUT2D eigenvalue weighted by Crippen LogP contribution is -2.08. The number of benzene rings is 1. The highest BCUT2D eigenvalue weighted by molar-refractivity contribution is 6.16. The standard InChI is InChI=1S/C17H23ClN2O/c1-3-9-21-15-6-4-5-14-17(15)19-16(11-18)20(14)13-8-7-12(2)10-13/h4-6,12-13H,3,7-11H2,1-2H3. The van der Waals surface area contributed by atoms with Crippen molar-refractivity contribution >= 4 is 22.6 Å². The third-order valence-corrected chi connectivity index (χ3v) is 4.61. The molecule has 0 radical (unpaired) electrons. The Bertz CT molecular complexity index is 623. The van der Waals surface area contributed by atoms with Crippen LogP contribution in [0.15, 0.2) is 18.2 Å². The number of aromatic nitrogens is 2. The van der Waals surface area contributed by atoms with Gasteiger partial charge in [-0.15, -0.1) is 11.6 Å². The van der Waals surface area contributed by atoms with Crippen LogP contribution in [0.5, 0.6) is 5.75 Å². The number of hydrogen-bond donors (Lipinski definition) is 0. The first-order valence-corrected chi connectivity index (χ1v) is 8.46. The molecule has 0 aliphatic heterocycles. The lowest BCUT2D eigenvalue weighted by Gasteiger charge is -2.16. The summed E-state index contributed by atoms with van der Waals surface area (Å²) in [4.78, 5) is 4.76. The molecule has 3 rings (SSSR count). The van der Waals surface area contributed by atoms with Crippen LogP contribution < -0.4 is 4.74 Å². The Balaban J connectivity index is 2.06. The Kier molecular flexibility index (Phi) is 4.39. The predicted molar refractivity (Wildman–Crippen MR) is 87.1 cm³/mol. The van der Waals surface area contributed by atoms with Gasteiger partial charge in [-0.2, -0.15) is 0 Å². The van der Waals surface area contributed by atoms with Gasteiger partial charge in [-0.1, -0.05) is 19.9 Å². The quantitative estimate of drug-likeness (QED) is 0.733. The van der Waals surface area contributed by atoms with E-state index in [-0.39, 0.29) is 0 Å². The summed E-state index contributed by atoms with van der Waals surface area (Å²) in [6.45, 7) is 5.17. The minimum Gasteiger partial charge on any atom is -0.491 e. The third-order valence-electron chi connectivity index (χ3n) is 4.37. The topological polar surface area (TPSA) is 27.1 Å². The molecular formula is C17H23ClN2O. The van der Waals surface area contributed by atoms with Gasteiger partial charge in [0.25, 0.3) is 0 Å². The van der Waals surface area contributed by atoms with Crippen molar-refractivity contribution in [1.29, 1.82) is 0 Å². The monoisotopic (exact) mass is 306 g/mol. The van der Waals surface area contributed by atoms with Gasteiger partial charge in [-0.3, -0.25) is 0 Å². The molecule has 1 aliphatic rings. The fourth-order valence-corrected chi connectivity index (χ4v) is 3.57. The highest BCUT2D eigenvalue weighted by Gasteiger charge is 2.27. The van der Waals surface area contributed by atoms with E-state index in [0.717, 1.165) is 36.0 Å². The summed E-state index contributed by atoms with van der Waals surface area (Å²) in [7, 11) is 0. The van der Waals surface area contributed by atoms with E-state index in [1.807, 2.05) is 6.07 Å². The van der Waals surface area contributed by atoms with Crippen LogP contribution in [0.3, 0.4) is 0 Å². The fourth-order valence-electron chi connectivity index (χ4n) is 3.38. The minimum absolute atomic E-state index is 0.451. The Morgan fingerprint density at radius 3 is 2.90 bits per heavy atom. The molecule has 0 saturated heterocycles. The molecule has 114 valence electrons. The number of halogens is 1. The van der Waals surface area contributed by atoms with Crippen molar-refractivity contribution in [3.63, 3.8) is 0 Å². The van der Waals surface area contributed by atoms with Crippen LogP contribution in [0, 0.1) is 5.92 Å². The first-order valence-electron chi connectivity index (χ1n) is 7.93. The number of imidazole rings is 1. The number of para-hydroxylation sites is 1. The minimum atomic E-state index is 0.451. The van der Waals surface area contributed by atoms with Gasteiger partial charge in [-0.05, 0) is 43.7 Å². The summed E-state index contributed by atoms with van der Waals surface area (Å²) in [5.74, 6) is 3.09. The lowest BCUT2D eigenvalue weighted by molar-refractivity contribution is 0.320. The molecule has 21 heavy (non-hydrogen) atoms. The van der Waals surface area contributed by atoms with E-state index in [0.29, 0.717) is 11.9 Å². The van der Waals surface area contributed by atoms with Gasteiger partial charge in [0, 0.05) is 6.04 Å². The zero-order valence-corrected chi connectivity index (χ0v) is 13.6. The van der Waals surface area contributed by atoms with E-state index in [2.05, 4.69) is 30.5 Å². The second-order valence-corrected chi connectivity index (χ2v) is 6.34. The molecule has 1 aromatic carbocycles. The van der Waals surface area contributed by atoms with Gasteiger partial charge < -0.3 is 9.30 Å². The van der Waals surface area contributed by atoms with E-state index in [1.165, 1.54) is 24.8 Å². The van der Waals surface area contributed by atoms with Crippen LogP contribution in [0.25, 0.3) is 11.0 Å². The molecule has 1 fully saturated rings. The molecule has 0 amide bonds. The zero-order valence-electron chi connectivity index (χ0n) is 12.8. The summed E-state index contributed by atoms with van der Waals surface area (Å²) in [5.41, 5.74) is 2.12. The van der Waals surface area contributed by atoms with Crippen LogP contribution in [-0.4, -0.2) is 16.2 Å². The van der Waals surface area contributed by atoms with Crippen LogP contribution in [0.4, 0.5) is 0 Å². The van der Waals surface area contributed by atoms with E-state index in [9.17, 15) is 0 Å². The molecule has 2 aromatic rings. The zero-order chi connectivity index (χ0) is 14.8. The number of fused-ring (bicyclic) bond motifs is 1. The molecule has 0 spiro atoms. The maximum Gasteiger partial charge on any atom is 0.147 e. The van der Waals surface area contributed by atoms with Gasteiger partial charge in [0.05, 0.1) is 18.0 Å². The van der Waals surface area contributed by atoms with Crippen molar-refractivity contribution in [3.05, 3.63) is 24.0 Å². The highest BCUT2D eigenvalue weighted by Crippen LogP contribution is 2.38. The summed E-state index contributed by atoms with van der Waals surface area (Å²) < 4.78 is 8.20. The van der Waals surface area contributed by atoms with Crippen LogP contribution in [0.1, 0.15) is 51.4 Å². The highest BCUT2D eigenvalue weighted by atomic mass is 35.5. The van der Waals surface area contributed by atoms with Crippen molar-refractivity contribution in [2.45, 2.75) is 51.5 Å². The van der Waals surface area contributed by atoms with Gasteiger partial charge in [0.1, 0.15) is 17.1 Å². The van der Waals surface area contributed by atoms with E-state index in [1.54, 1.807) is 0 Å². The second kappa shape index (κ2) is 6.27. The Labute approximate surface area is 131 Å². The molecule has 1 aromatic heterocycles. The predicted octanol–water partition coefficient (Wildman–Crippen LogP) is 4.93. The Hall–Kier alpha value is -1.22. The fraction of sp³-hybridized carbons (Fsp3) is 0.588. The molecule has 1 saturated carbocycles. The number of nitrogens with zero attached hydrogens (tertiary/aromatic N) is 2. The molecule has 2 atom stereocenters. The van der Waals surface area contributed by atoms with Crippen molar-refractivity contribution in [3.8, 4) is 5.75 Å². The van der Waals surface area contributed by atoms with Gasteiger partial charge in [0.2, 0.25) is 0 Å². The average molecular weight is 307 g/mol. The van der Waals surface area contributed by atoms with E-state index >= 15 is 0 Å². The molecule has 1 heterocycles. The number of hydrogen-bond acceptors (Lipinski definition) is 2. The maximum atomic E-state index is 6.15. The van der Waals surface area contributed by atoms with Crippen molar-refractivity contribution < 1.29 is 4.74 Å². The van der Waals surface area contributed by atoms with E-state index in [4.69, 9.17) is 21.3 Å². The SMILES string of the molecule is CCCOc1cccc2c1nc(CCl)n2C1CCC(C)C1. The van der Waals surface area contributed by atoms with Crippen molar-refractivity contribution in [2.24, 2.45) is 5.92 Å². The van der Waals surface area contributed by atoms with Gasteiger partial charge in [-0.25, -0.2) is 4.98 Å². The second-order valence-electron chi connectivity index (χ2n) is 6.08. The van der Waals surface area contributed by atoms with Gasteiger partial charge >= 0.3 is 0 Å². The third kappa shape index (κ3) is 2.76. The maximum absolute atomic E-state index is 6.15. The smallest absolute Gasteiger partial charge is 0.147 e. The molecule has 0 bridgehead atoms. The molecule has 0 N–H and O–H groups in total. The summed E-state index contributed by atoms with van der Waals surface area (Å²) in [6.07, 6.45) is 4.73. The summed E-state index contributed by atoms with van der Waals surface area (Å²) >= 11 is 6.15. The first-order chi connectivity index (χ1) is 10.2. The van der Waals surface area contributed by atoms with Gasteiger partial charge in [0.15, 0.2) is 0 Å². The normalized spacial score (nSPS) is 22.0.